The minimum Gasteiger partial charge on any atom is -0.335 e. The number of hydrogen-bond acceptors (Lipinski definition) is 5. The van der Waals surface area contributed by atoms with Crippen LogP contribution in [0.25, 0.3) is 4.96 Å². The molecule has 0 aliphatic carbocycles. The molecular weight excluding hydrogens is 322 g/mol. The lowest BCUT2D eigenvalue weighted by molar-refractivity contribution is -0.131. The summed E-state index contributed by atoms with van der Waals surface area (Å²) in [5.41, 5.74) is 0.701. The van der Waals surface area contributed by atoms with Crippen LogP contribution in [0.2, 0.25) is 0 Å². The molecule has 1 atom stereocenters. The smallest absolute Gasteiger partial charge is 0.229 e. The molecule has 1 fully saturated rings. The van der Waals surface area contributed by atoms with Gasteiger partial charge in [-0.05, 0) is 6.42 Å². The summed E-state index contributed by atoms with van der Waals surface area (Å²) in [5, 5.41) is 1.93. The number of carbonyl (C=O) groups excluding carboxylic acids is 1. The highest BCUT2D eigenvalue weighted by molar-refractivity contribution is 7.91. The Labute approximate surface area is 133 Å². The minimum atomic E-state index is -3.02. The van der Waals surface area contributed by atoms with Crippen LogP contribution in [0.1, 0.15) is 12.1 Å². The van der Waals surface area contributed by atoms with Crippen LogP contribution in [0.3, 0.4) is 0 Å². The topological polar surface area (TPSA) is 71.8 Å². The maximum Gasteiger partial charge on any atom is 0.229 e. The summed E-state index contributed by atoms with van der Waals surface area (Å²) in [6.07, 6.45) is 6.04. The van der Waals surface area contributed by atoms with E-state index in [1.165, 1.54) is 11.3 Å². The predicted octanol–water partition coefficient (Wildman–Crippen LogP) is 1.14. The van der Waals surface area contributed by atoms with Crippen LogP contribution in [0.4, 0.5) is 0 Å². The first kappa shape index (κ1) is 15.2. The van der Waals surface area contributed by atoms with E-state index in [1.54, 1.807) is 11.0 Å². The Morgan fingerprint density at radius 3 is 3.05 bits per heavy atom. The van der Waals surface area contributed by atoms with Crippen molar-refractivity contribution in [3.63, 3.8) is 0 Å². The number of fused-ring (bicyclic) bond motifs is 1. The predicted molar refractivity (Wildman–Crippen MR) is 85.7 cm³/mol. The van der Waals surface area contributed by atoms with Crippen LogP contribution < -0.4 is 0 Å². The summed E-state index contributed by atoms with van der Waals surface area (Å²) in [5.74, 6) is 0.0941. The molecule has 3 heterocycles. The number of carbonyl (C=O) groups is 1. The van der Waals surface area contributed by atoms with Gasteiger partial charge in [0, 0.05) is 30.4 Å². The number of rotatable bonds is 5. The molecule has 1 amide bonds. The number of aromatic nitrogens is 2. The quantitative estimate of drug-likeness (QED) is 0.766. The largest absolute Gasteiger partial charge is 0.335 e. The Morgan fingerprint density at radius 2 is 2.41 bits per heavy atom. The number of nitrogens with zero attached hydrogens (tertiary/aromatic N) is 3. The molecule has 1 saturated heterocycles. The number of sulfone groups is 1. The zero-order chi connectivity index (χ0) is 15.7. The molecule has 2 aromatic rings. The first-order valence-electron chi connectivity index (χ1n) is 7.00. The second kappa shape index (κ2) is 5.85. The summed E-state index contributed by atoms with van der Waals surface area (Å²) in [7, 11) is -3.02. The van der Waals surface area contributed by atoms with Gasteiger partial charge in [-0.15, -0.1) is 17.9 Å². The number of hydrogen-bond donors (Lipinski definition) is 0. The van der Waals surface area contributed by atoms with Gasteiger partial charge in [0.1, 0.15) is 0 Å². The lowest BCUT2D eigenvalue weighted by Gasteiger charge is -2.26. The van der Waals surface area contributed by atoms with E-state index in [4.69, 9.17) is 0 Å². The van der Waals surface area contributed by atoms with E-state index in [9.17, 15) is 13.2 Å². The van der Waals surface area contributed by atoms with Crippen molar-refractivity contribution in [3.8, 4) is 0 Å². The Hall–Kier alpha value is -1.67. The van der Waals surface area contributed by atoms with Gasteiger partial charge in [0.15, 0.2) is 14.8 Å². The van der Waals surface area contributed by atoms with Crippen molar-refractivity contribution in [2.24, 2.45) is 0 Å². The normalized spacial score (nSPS) is 20.3. The third-order valence-corrected chi connectivity index (χ3v) is 6.29. The van der Waals surface area contributed by atoms with E-state index in [0.29, 0.717) is 18.7 Å². The van der Waals surface area contributed by atoms with E-state index >= 15 is 0 Å². The van der Waals surface area contributed by atoms with E-state index in [1.807, 2.05) is 22.2 Å². The molecule has 3 rings (SSSR count). The number of imidazole rings is 1. The zero-order valence-corrected chi connectivity index (χ0v) is 13.6. The highest BCUT2D eigenvalue weighted by Crippen LogP contribution is 2.19. The second-order valence-electron chi connectivity index (χ2n) is 5.39. The Balaban J connectivity index is 1.74. The van der Waals surface area contributed by atoms with Crippen molar-refractivity contribution in [2.45, 2.75) is 18.9 Å². The monoisotopic (exact) mass is 339 g/mol. The molecule has 0 bridgehead atoms. The van der Waals surface area contributed by atoms with Gasteiger partial charge in [-0.25, -0.2) is 13.4 Å². The van der Waals surface area contributed by atoms with Crippen LogP contribution in [0, 0.1) is 0 Å². The average molecular weight is 339 g/mol. The Morgan fingerprint density at radius 1 is 1.59 bits per heavy atom. The Kier molecular flexibility index (Phi) is 4.05. The molecule has 118 valence electrons. The van der Waals surface area contributed by atoms with E-state index in [0.717, 1.165) is 4.96 Å². The van der Waals surface area contributed by atoms with Crippen molar-refractivity contribution < 1.29 is 13.2 Å². The third kappa shape index (κ3) is 3.07. The standard InChI is InChI=1S/C14H17N3O3S2/c1-2-4-17(12-3-7-22(19,20)10-12)13(18)8-11-9-16-5-6-21-14(16)15-11/h2,5-6,9,12H,1,3-4,7-8,10H2/t12-/m1/s1. The molecule has 1 aliphatic heterocycles. The lowest BCUT2D eigenvalue weighted by Crippen LogP contribution is -2.42. The van der Waals surface area contributed by atoms with Crippen molar-refractivity contribution in [1.29, 1.82) is 0 Å². The molecule has 0 aromatic carbocycles. The molecule has 22 heavy (non-hydrogen) atoms. The summed E-state index contributed by atoms with van der Waals surface area (Å²) >= 11 is 1.51. The van der Waals surface area contributed by atoms with Crippen LogP contribution in [-0.4, -0.2) is 52.7 Å². The summed E-state index contributed by atoms with van der Waals surface area (Å²) in [6, 6.07) is -0.251. The highest BCUT2D eigenvalue weighted by Gasteiger charge is 2.34. The van der Waals surface area contributed by atoms with Gasteiger partial charge in [-0.2, -0.15) is 0 Å². The molecule has 0 unspecified atom stereocenters. The average Bonchev–Trinajstić information content (AvgIpc) is 3.10. The van der Waals surface area contributed by atoms with Crippen LogP contribution in [0.5, 0.6) is 0 Å². The second-order valence-corrected chi connectivity index (χ2v) is 8.50. The van der Waals surface area contributed by atoms with Gasteiger partial charge in [0.25, 0.3) is 0 Å². The SMILES string of the molecule is C=CCN(C(=O)Cc1cn2ccsc2n1)[C@@H]1CCS(=O)(=O)C1. The zero-order valence-electron chi connectivity index (χ0n) is 12.0. The van der Waals surface area contributed by atoms with Gasteiger partial charge in [0.2, 0.25) is 5.91 Å². The highest BCUT2D eigenvalue weighted by atomic mass is 32.2. The fraction of sp³-hybridized carbons (Fsp3) is 0.429. The van der Waals surface area contributed by atoms with E-state index in [-0.39, 0.29) is 29.9 Å². The van der Waals surface area contributed by atoms with Gasteiger partial charge in [0.05, 0.1) is 23.6 Å². The maximum atomic E-state index is 12.5. The van der Waals surface area contributed by atoms with Crippen LogP contribution in [0.15, 0.2) is 30.4 Å². The molecule has 2 aromatic heterocycles. The van der Waals surface area contributed by atoms with Crippen molar-refractivity contribution >= 4 is 32.0 Å². The number of thiazole rings is 1. The fourth-order valence-corrected chi connectivity index (χ4v) is 5.18. The van der Waals surface area contributed by atoms with E-state index < -0.39 is 9.84 Å². The molecule has 0 spiro atoms. The Bertz CT molecular complexity index is 778. The lowest BCUT2D eigenvalue weighted by atomic mass is 10.2. The van der Waals surface area contributed by atoms with E-state index in [2.05, 4.69) is 11.6 Å². The summed E-state index contributed by atoms with van der Waals surface area (Å²) in [4.78, 5) is 19.4. The molecular formula is C14H17N3O3S2. The van der Waals surface area contributed by atoms with Gasteiger partial charge < -0.3 is 4.90 Å². The van der Waals surface area contributed by atoms with Crippen molar-refractivity contribution in [3.05, 3.63) is 36.1 Å². The van der Waals surface area contributed by atoms with Gasteiger partial charge in [-0.1, -0.05) is 6.08 Å². The first-order chi connectivity index (χ1) is 10.5. The third-order valence-electron chi connectivity index (χ3n) is 3.77. The molecule has 0 N–H and O–H groups in total. The fourth-order valence-electron chi connectivity index (χ4n) is 2.73. The first-order valence-corrected chi connectivity index (χ1v) is 9.70. The van der Waals surface area contributed by atoms with Gasteiger partial charge >= 0.3 is 0 Å². The molecule has 0 radical (unpaired) electrons. The summed E-state index contributed by atoms with van der Waals surface area (Å²) in [6.45, 7) is 4.03. The minimum absolute atomic E-state index is 0.0465. The van der Waals surface area contributed by atoms with Crippen molar-refractivity contribution in [1.82, 2.24) is 14.3 Å². The maximum absolute atomic E-state index is 12.5. The van der Waals surface area contributed by atoms with Crippen LogP contribution >= 0.6 is 11.3 Å². The molecule has 0 saturated carbocycles. The molecule has 6 nitrogen and oxygen atoms in total. The molecule has 1 aliphatic rings. The number of amides is 1. The van der Waals surface area contributed by atoms with Gasteiger partial charge in [-0.3, -0.25) is 9.20 Å². The molecule has 8 heteroatoms. The summed E-state index contributed by atoms with van der Waals surface area (Å²) < 4.78 is 25.2. The van der Waals surface area contributed by atoms with Crippen LogP contribution in [-0.2, 0) is 21.1 Å². The van der Waals surface area contributed by atoms with Crippen molar-refractivity contribution in [2.75, 3.05) is 18.1 Å².